The molecule has 21 heavy (non-hydrogen) atoms. The smallest absolute Gasteiger partial charge is 0.186 e. The van der Waals surface area contributed by atoms with Gasteiger partial charge in [-0.05, 0) is 19.5 Å². The molecule has 0 unspecified atom stereocenters. The van der Waals surface area contributed by atoms with E-state index in [9.17, 15) is 0 Å². The van der Waals surface area contributed by atoms with Crippen molar-refractivity contribution in [3.05, 3.63) is 10.6 Å². The number of rotatable bonds is 7. The number of ether oxygens (including phenoxy) is 1. The molecular formula is C15H28N4OS. The Bertz CT molecular complexity index is 427. The van der Waals surface area contributed by atoms with Crippen molar-refractivity contribution < 1.29 is 4.74 Å². The van der Waals surface area contributed by atoms with Crippen molar-refractivity contribution in [1.29, 1.82) is 0 Å². The second-order valence-corrected chi connectivity index (χ2v) is 7.18. The van der Waals surface area contributed by atoms with Crippen molar-refractivity contribution in [2.24, 2.45) is 5.92 Å². The Balaban J connectivity index is 2.01. The standard InChI is InChI=1S/C15H28N4OS/c1-12(2)9-16-10-14-13(11-20-4)17-15(21-14)19-7-5-18(3)6-8-19/h12,16H,5-11H2,1-4H3. The maximum atomic E-state index is 5.30. The number of aromatic nitrogens is 1. The van der Waals surface area contributed by atoms with Gasteiger partial charge in [0.1, 0.15) is 0 Å². The lowest BCUT2D eigenvalue weighted by atomic mass is 10.2. The Morgan fingerprint density at radius 1 is 1.29 bits per heavy atom. The zero-order valence-electron chi connectivity index (χ0n) is 13.7. The monoisotopic (exact) mass is 312 g/mol. The Labute approximate surface area is 132 Å². The van der Waals surface area contributed by atoms with Crippen LogP contribution in [0.25, 0.3) is 0 Å². The number of methoxy groups -OCH3 is 1. The number of anilines is 1. The van der Waals surface area contributed by atoms with Gasteiger partial charge in [-0.1, -0.05) is 13.8 Å². The van der Waals surface area contributed by atoms with Crippen LogP contribution in [0.5, 0.6) is 0 Å². The first-order valence-electron chi connectivity index (χ1n) is 7.72. The molecule has 0 bridgehead atoms. The van der Waals surface area contributed by atoms with E-state index in [1.165, 1.54) is 4.88 Å². The lowest BCUT2D eigenvalue weighted by molar-refractivity contribution is 0.181. The van der Waals surface area contributed by atoms with Gasteiger partial charge < -0.3 is 19.9 Å². The van der Waals surface area contributed by atoms with Gasteiger partial charge in [-0.15, -0.1) is 11.3 Å². The second-order valence-electron chi connectivity index (χ2n) is 6.11. The molecule has 1 aliphatic heterocycles. The van der Waals surface area contributed by atoms with Gasteiger partial charge in [0, 0.05) is 44.7 Å². The highest BCUT2D eigenvalue weighted by Gasteiger charge is 2.19. The minimum atomic E-state index is 0.600. The summed E-state index contributed by atoms with van der Waals surface area (Å²) < 4.78 is 5.30. The average Bonchev–Trinajstić information content (AvgIpc) is 2.83. The number of hydrogen-bond donors (Lipinski definition) is 1. The average molecular weight is 312 g/mol. The third kappa shape index (κ3) is 4.92. The molecule has 0 saturated carbocycles. The molecule has 1 saturated heterocycles. The molecule has 1 fully saturated rings. The van der Waals surface area contributed by atoms with E-state index in [0.29, 0.717) is 12.5 Å². The van der Waals surface area contributed by atoms with E-state index in [2.05, 4.69) is 36.0 Å². The van der Waals surface area contributed by atoms with Gasteiger partial charge in [-0.2, -0.15) is 0 Å². The van der Waals surface area contributed by atoms with E-state index in [1.807, 2.05) is 11.3 Å². The Morgan fingerprint density at radius 2 is 2.00 bits per heavy atom. The highest BCUT2D eigenvalue weighted by Crippen LogP contribution is 2.27. The molecule has 1 aromatic heterocycles. The molecule has 1 aromatic rings. The minimum absolute atomic E-state index is 0.600. The predicted octanol–water partition coefficient (Wildman–Crippen LogP) is 1.79. The van der Waals surface area contributed by atoms with Crippen LogP contribution in [0.4, 0.5) is 5.13 Å². The van der Waals surface area contributed by atoms with Crippen LogP contribution in [0.15, 0.2) is 0 Å². The topological polar surface area (TPSA) is 40.6 Å². The van der Waals surface area contributed by atoms with Crippen molar-refractivity contribution in [3.63, 3.8) is 0 Å². The molecule has 6 heteroatoms. The number of thiazole rings is 1. The van der Waals surface area contributed by atoms with E-state index < -0.39 is 0 Å². The molecule has 5 nitrogen and oxygen atoms in total. The van der Waals surface area contributed by atoms with E-state index in [-0.39, 0.29) is 0 Å². The molecule has 2 heterocycles. The molecule has 0 atom stereocenters. The van der Waals surface area contributed by atoms with Gasteiger partial charge in [0.15, 0.2) is 5.13 Å². The summed E-state index contributed by atoms with van der Waals surface area (Å²) in [7, 11) is 3.91. The van der Waals surface area contributed by atoms with Crippen molar-refractivity contribution in [3.8, 4) is 0 Å². The van der Waals surface area contributed by atoms with Crippen LogP contribution in [-0.2, 0) is 17.9 Å². The van der Waals surface area contributed by atoms with Crippen LogP contribution >= 0.6 is 11.3 Å². The van der Waals surface area contributed by atoms with Crippen molar-refractivity contribution in [2.75, 3.05) is 51.8 Å². The molecule has 1 N–H and O–H groups in total. The molecular weight excluding hydrogens is 284 g/mol. The van der Waals surface area contributed by atoms with E-state index in [4.69, 9.17) is 9.72 Å². The molecule has 0 amide bonds. The molecule has 0 radical (unpaired) electrons. The Morgan fingerprint density at radius 3 is 2.62 bits per heavy atom. The molecule has 0 aromatic carbocycles. The quantitative estimate of drug-likeness (QED) is 0.831. The summed E-state index contributed by atoms with van der Waals surface area (Å²) in [5.41, 5.74) is 1.09. The SMILES string of the molecule is COCc1nc(N2CCN(C)CC2)sc1CNCC(C)C. The Hall–Kier alpha value is -0.690. The summed E-state index contributed by atoms with van der Waals surface area (Å²) >= 11 is 1.81. The van der Waals surface area contributed by atoms with Gasteiger partial charge >= 0.3 is 0 Å². The summed E-state index contributed by atoms with van der Waals surface area (Å²) in [6, 6.07) is 0. The van der Waals surface area contributed by atoms with Crippen LogP contribution in [-0.4, -0.2) is 56.8 Å². The zero-order valence-corrected chi connectivity index (χ0v) is 14.5. The van der Waals surface area contributed by atoms with Crippen LogP contribution in [0.2, 0.25) is 0 Å². The van der Waals surface area contributed by atoms with E-state index in [1.54, 1.807) is 7.11 Å². The molecule has 120 valence electrons. The third-order valence-electron chi connectivity index (χ3n) is 3.66. The van der Waals surface area contributed by atoms with Crippen LogP contribution in [0, 0.1) is 5.92 Å². The van der Waals surface area contributed by atoms with Gasteiger partial charge in [0.25, 0.3) is 0 Å². The van der Waals surface area contributed by atoms with Gasteiger partial charge in [0.05, 0.1) is 12.3 Å². The summed E-state index contributed by atoms with van der Waals surface area (Å²) in [6.07, 6.45) is 0. The van der Waals surface area contributed by atoms with Crippen molar-refractivity contribution in [2.45, 2.75) is 27.0 Å². The predicted molar refractivity (Wildman–Crippen MR) is 89.1 cm³/mol. The molecule has 0 aliphatic carbocycles. The number of likely N-dealkylation sites (N-methyl/N-ethyl adjacent to an activating group) is 1. The second kappa shape index (κ2) is 8.08. The maximum absolute atomic E-state index is 5.30. The van der Waals surface area contributed by atoms with E-state index >= 15 is 0 Å². The first kappa shape index (κ1) is 16.7. The molecule has 0 spiro atoms. The zero-order chi connectivity index (χ0) is 15.2. The normalized spacial score (nSPS) is 16.9. The Kier molecular flexibility index (Phi) is 6.41. The summed E-state index contributed by atoms with van der Waals surface area (Å²) in [4.78, 5) is 10.9. The molecule has 2 rings (SSSR count). The highest BCUT2D eigenvalue weighted by atomic mass is 32.1. The largest absolute Gasteiger partial charge is 0.378 e. The number of nitrogens with one attached hydrogen (secondary N) is 1. The maximum Gasteiger partial charge on any atom is 0.186 e. The lowest BCUT2D eigenvalue weighted by Crippen LogP contribution is -2.44. The van der Waals surface area contributed by atoms with Crippen molar-refractivity contribution in [1.82, 2.24) is 15.2 Å². The fourth-order valence-electron chi connectivity index (χ4n) is 2.36. The van der Waals surface area contributed by atoms with Gasteiger partial charge in [-0.25, -0.2) is 4.98 Å². The fourth-order valence-corrected chi connectivity index (χ4v) is 3.45. The lowest BCUT2D eigenvalue weighted by Gasteiger charge is -2.32. The number of piperazine rings is 1. The van der Waals surface area contributed by atoms with Crippen LogP contribution < -0.4 is 10.2 Å². The number of hydrogen-bond acceptors (Lipinski definition) is 6. The molecule has 1 aliphatic rings. The third-order valence-corrected chi connectivity index (χ3v) is 4.82. The minimum Gasteiger partial charge on any atom is -0.378 e. The summed E-state index contributed by atoms with van der Waals surface area (Å²) in [6.45, 7) is 11.3. The first-order valence-corrected chi connectivity index (χ1v) is 8.53. The number of nitrogens with zero attached hydrogens (tertiary/aromatic N) is 3. The van der Waals surface area contributed by atoms with E-state index in [0.717, 1.165) is 50.1 Å². The van der Waals surface area contributed by atoms with Crippen LogP contribution in [0.1, 0.15) is 24.4 Å². The van der Waals surface area contributed by atoms with Crippen LogP contribution in [0.3, 0.4) is 0 Å². The van der Waals surface area contributed by atoms with Gasteiger partial charge in [-0.3, -0.25) is 0 Å². The summed E-state index contributed by atoms with van der Waals surface area (Å²) in [5, 5.41) is 4.66. The van der Waals surface area contributed by atoms with Gasteiger partial charge in [0.2, 0.25) is 0 Å². The highest BCUT2D eigenvalue weighted by molar-refractivity contribution is 7.15. The first-order chi connectivity index (χ1) is 10.1. The van der Waals surface area contributed by atoms with Crippen molar-refractivity contribution >= 4 is 16.5 Å². The fraction of sp³-hybridized carbons (Fsp3) is 0.800. The summed E-state index contributed by atoms with van der Waals surface area (Å²) in [5.74, 6) is 0.667.